The maximum atomic E-state index is 6.00. The van der Waals surface area contributed by atoms with Crippen LogP contribution in [-0.2, 0) is 24.9 Å². The zero-order valence-electron chi connectivity index (χ0n) is 19.3. The molecule has 1 aromatic heterocycles. The van der Waals surface area contributed by atoms with Gasteiger partial charge in [-0.25, -0.2) is 4.99 Å². The summed E-state index contributed by atoms with van der Waals surface area (Å²) in [6.45, 7) is 13.4. The largest absolute Gasteiger partial charge is 0.370 e. The van der Waals surface area contributed by atoms with E-state index in [1.54, 1.807) is 0 Å². The molecule has 1 N–H and O–H groups in total. The molecule has 1 saturated heterocycles. The molecule has 31 heavy (non-hydrogen) atoms. The Balaban J connectivity index is 0.00000341. The van der Waals surface area contributed by atoms with E-state index in [4.69, 9.17) is 9.73 Å². The van der Waals surface area contributed by atoms with E-state index >= 15 is 0 Å². The maximum Gasteiger partial charge on any atom is 0.194 e. The van der Waals surface area contributed by atoms with Gasteiger partial charge in [0.2, 0.25) is 0 Å². The summed E-state index contributed by atoms with van der Waals surface area (Å²) in [5.41, 5.74) is 3.76. The molecule has 1 atom stereocenters. The Labute approximate surface area is 203 Å². The number of nitrogens with zero attached hydrogens (tertiary/aromatic N) is 5. The number of hydrogen-bond acceptors (Lipinski definition) is 4. The first-order valence-corrected chi connectivity index (χ1v) is 11.1. The molecule has 3 rings (SSSR count). The lowest BCUT2D eigenvalue weighted by molar-refractivity contribution is -0.00805. The summed E-state index contributed by atoms with van der Waals surface area (Å²) in [7, 11) is 1.94. The van der Waals surface area contributed by atoms with Gasteiger partial charge in [0.15, 0.2) is 5.96 Å². The molecule has 0 saturated carbocycles. The molecule has 2 heterocycles. The van der Waals surface area contributed by atoms with Crippen LogP contribution in [0.4, 0.5) is 0 Å². The number of hydrogen-bond donors (Lipinski definition) is 1. The van der Waals surface area contributed by atoms with Crippen molar-refractivity contribution in [2.75, 3.05) is 39.3 Å². The SMILES string of the molecule is CCNC(=NCc1ccccc1CN(CC)CC)N1CCOC(c2cnn(C)c2)C1.I. The third-order valence-corrected chi connectivity index (χ3v) is 5.60. The molecule has 1 unspecified atom stereocenters. The molecule has 1 aliphatic rings. The topological polar surface area (TPSA) is 57.9 Å². The summed E-state index contributed by atoms with van der Waals surface area (Å²) in [5, 5.41) is 7.76. The van der Waals surface area contributed by atoms with Crippen LogP contribution in [0.25, 0.3) is 0 Å². The first-order valence-electron chi connectivity index (χ1n) is 11.1. The van der Waals surface area contributed by atoms with Gasteiger partial charge in [0.25, 0.3) is 0 Å². The van der Waals surface area contributed by atoms with E-state index in [2.05, 4.69) is 65.3 Å². The molecule has 0 bridgehead atoms. The predicted molar refractivity (Wildman–Crippen MR) is 137 cm³/mol. The summed E-state index contributed by atoms with van der Waals surface area (Å²) in [4.78, 5) is 9.74. The van der Waals surface area contributed by atoms with Crippen LogP contribution in [-0.4, -0.2) is 64.9 Å². The number of aliphatic imine (C=N–C) groups is 1. The Morgan fingerprint density at radius 1 is 1.23 bits per heavy atom. The number of aromatic nitrogens is 2. The van der Waals surface area contributed by atoms with Crippen LogP contribution >= 0.6 is 24.0 Å². The lowest BCUT2D eigenvalue weighted by Crippen LogP contribution is -2.48. The number of guanidine groups is 1. The fourth-order valence-electron chi connectivity index (χ4n) is 3.79. The zero-order valence-corrected chi connectivity index (χ0v) is 21.6. The van der Waals surface area contributed by atoms with Crippen LogP contribution in [0, 0.1) is 0 Å². The monoisotopic (exact) mass is 540 g/mol. The molecule has 8 heteroatoms. The zero-order chi connectivity index (χ0) is 21.3. The summed E-state index contributed by atoms with van der Waals surface area (Å²) in [6.07, 6.45) is 3.94. The Morgan fingerprint density at radius 3 is 2.61 bits per heavy atom. The number of morpholine rings is 1. The second-order valence-electron chi connectivity index (χ2n) is 7.65. The quantitative estimate of drug-likeness (QED) is 0.316. The van der Waals surface area contributed by atoms with Gasteiger partial charge in [-0.1, -0.05) is 38.1 Å². The van der Waals surface area contributed by atoms with Gasteiger partial charge in [-0.05, 0) is 31.1 Å². The van der Waals surface area contributed by atoms with Crippen molar-refractivity contribution < 1.29 is 4.74 Å². The van der Waals surface area contributed by atoms with Crippen molar-refractivity contribution in [3.63, 3.8) is 0 Å². The van der Waals surface area contributed by atoms with Crippen LogP contribution in [0.3, 0.4) is 0 Å². The van der Waals surface area contributed by atoms with Gasteiger partial charge in [0.1, 0.15) is 6.10 Å². The van der Waals surface area contributed by atoms with Gasteiger partial charge < -0.3 is 15.0 Å². The number of rotatable bonds is 8. The van der Waals surface area contributed by atoms with Crippen LogP contribution in [0.5, 0.6) is 0 Å². The highest BCUT2D eigenvalue weighted by atomic mass is 127. The van der Waals surface area contributed by atoms with Gasteiger partial charge >= 0.3 is 0 Å². The number of ether oxygens (including phenoxy) is 1. The van der Waals surface area contributed by atoms with Crippen LogP contribution in [0.15, 0.2) is 41.7 Å². The summed E-state index contributed by atoms with van der Waals surface area (Å²) in [6, 6.07) is 8.65. The van der Waals surface area contributed by atoms with E-state index in [1.807, 2.05) is 24.1 Å². The molecular weight excluding hydrogens is 503 g/mol. The van der Waals surface area contributed by atoms with Gasteiger partial charge in [-0.3, -0.25) is 9.58 Å². The van der Waals surface area contributed by atoms with Crippen molar-refractivity contribution in [1.29, 1.82) is 0 Å². The maximum absolute atomic E-state index is 6.00. The van der Waals surface area contributed by atoms with Crippen molar-refractivity contribution in [3.05, 3.63) is 53.3 Å². The van der Waals surface area contributed by atoms with E-state index < -0.39 is 0 Å². The lowest BCUT2D eigenvalue weighted by Gasteiger charge is -2.34. The number of halogens is 1. The summed E-state index contributed by atoms with van der Waals surface area (Å²) < 4.78 is 7.83. The average molecular weight is 540 g/mol. The molecule has 0 spiro atoms. The smallest absolute Gasteiger partial charge is 0.194 e. The predicted octanol–water partition coefficient (Wildman–Crippen LogP) is 3.42. The molecule has 1 aliphatic heterocycles. The molecule has 2 aromatic rings. The van der Waals surface area contributed by atoms with Crippen molar-refractivity contribution in [1.82, 2.24) is 24.9 Å². The molecule has 7 nitrogen and oxygen atoms in total. The van der Waals surface area contributed by atoms with Crippen molar-refractivity contribution >= 4 is 29.9 Å². The minimum atomic E-state index is 0. The van der Waals surface area contributed by atoms with Gasteiger partial charge in [0.05, 0.1) is 25.9 Å². The fraction of sp³-hybridized carbons (Fsp3) is 0.565. The van der Waals surface area contributed by atoms with Crippen LogP contribution in [0.2, 0.25) is 0 Å². The highest BCUT2D eigenvalue weighted by Crippen LogP contribution is 2.22. The molecule has 0 radical (unpaired) electrons. The van der Waals surface area contributed by atoms with Crippen molar-refractivity contribution in [2.24, 2.45) is 12.0 Å². The lowest BCUT2D eigenvalue weighted by atomic mass is 10.1. The highest BCUT2D eigenvalue weighted by molar-refractivity contribution is 14.0. The number of aryl methyl sites for hydroxylation is 1. The minimum Gasteiger partial charge on any atom is -0.370 e. The molecular formula is C23H37IN6O. The number of benzene rings is 1. The Bertz CT molecular complexity index is 820. The fourth-order valence-corrected chi connectivity index (χ4v) is 3.79. The molecule has 1 aromatic carbocycles. The van der Waals surface area contributed by atoms with Crippen LogP contribution in [0.1, 0.15) is 43.6 Å². The van der Waals surface area contributed by atoms with E-state index in [-0.39, 0.29) is 30.1 Å². The van der Waals surface area contributed by atoms with Gasteiger partial charge in [-0.2, -0.15) is 5.10 Å². The summed E-state index contributed by atoms with van der Waals surface area (Å²) in [5.74, 6) is 0.951. The molecule has 0 amide bonds. The van der Waals surface area contributed by atoms with E-state index in [9.17, 15) is 0 Å². The Morgan fingerprint density at radius 2 is 1.97 bits per heavy atom. The molecule has 1 fully saturated rings. The highest BCUT2D eigenvalue weighted by Gasteiger charge is 2.25. The van der Waals surface area contributed by atoms with Gasteiger partial charge in [-0.15, -0.1) is 24.0 Å². The van der Waals surface area contributed by atoms with E-state index in [1.165, 1.54) is 11.1 Å². The first kappa shape index (κ1) is 25.6. The van der Waals surface area contributed by atoms with Gasteiger partial charge in [0, 0.05) is 38.4 Å². The average Bonchev–Trinajstić information content (AvgIpc) is 3.22. The third-order valence-electron chi connectivity index (χ3n) is 5.60. The van der Waals surface area contributed by atoms with E-state index in [0.29, 0.717) is 13.2 Å². The third kappa shape index (κ3) is 7.18. The van der Waals surface area contributed by atoms with E-state index in [0.717, 1.165) is 50.8 Å². The summed E-state index contributed by atoms with van der Waals surface area (Å²) >= 11 is 0. The number of nitrogens with one attached hydrogen (secondary N) is 1. The standard InChI is InChI=1S/C23H36N6O.HI/c1-5-24-23(29-12-13-30-22(18-29)21-15-26-27(4)16-21)25-14-19-10-8-9-11-20(19)17-28(6-2)7-3;/h8-11,15-16,22H,5-7,12-14,17-18H2,1-4H3,(H,24,25);1H. The Kier molecular flexibility index (Phi) is 10.8. The first-order chi connectivity index (χ1) is 14.6. The van der Waals surface area contributed by atoms with Crippen molar-refractivity contribution in [3.8, 4) is 0 Å². The molecule has 172 valence electrons. The normalized spacial score (nSPS) is 17.0. The minimum absolute atomic E-state index is 0. The second kappa shape index (κ2) is 13.0. The molecule has 0 aliphatic carbocycles. The Hall–Kier alpha value is -1.65. The second-order valence-corrected chi connectivity index (χ2v) is 7.65. The van der Waals surface area contributed by atoms with Crippen LogP contribution < -0.4 is 5.32 Å². The van der Waals surface area contributed by atoms with Crippen molar-refractivity contribution in [2.45, 2.75) is 40.0 Å².